The number of rotatable bonds is 3. The standard InChI is InChI=1S/C17H17Cl2N3O2/c18-12-3-5-13(6-4-12)21-17(23)22-9-1-2-14(11-22)24-16-7-8-20-10-15(16)19/h3-8,10,14H,1-2,9,11H2,(H,21,23). The lowest BCUT2D eigenvalue weighted by Gasteiger charge is -2.33. The summed E-state index contributed by atoms with van der Waals surface area (Å²) in [4.78, 5) is 18.1. The van der Waals surface area contributed by atoms with E-state index < -0.39 is 0 Å². The van der Waals surface area contributed by atoms with E-state index in [4.69, 9.17) is 27.9 Å². The molecule has 1 aromatic carbocycles. The van der Waals surface area contributed by atoms with Gasteiger partial charge in [0, 0.05) is 35.7 Å². The zero-order valence-electron chi connectivity index (χ0n) is 12.9. The first kappa shape index (κ1) is 16.9. The fraction of sp³-hybridized carbons (Fsp3) is 0.294. The normalized spacial score (nSPS) is 17.4. The third-order valence-electron chi connectivity index (χ3n) is 3.79. The minimum Gasteiger partial charge on any atom is -0.487 e. The van der Waals surface area contributed by atoms with Crippen molar-refractivity contribution in [3.05, 3.63) is 52.8 Å². The number of aromatic nitrogens is 1. The predicted octanol–water partition coefficient (Wildman–Crippen LogP) is 4.46. The number of hydrogen-bond acceptors (Lipinski definition) is 3. The smallest absolute Gasteiger partial charge is 0.321 e. The highest BCUT2D eigenvalue weighted by atomic mass is 35.5. The maximum Gasteiger partial charge on any atom is 0.321 e. The summed E-state index contributed by atoms with van der Waals surface area (Å²) in [6.07, 6.45) is 4.85. The third kappa shape index (κ3) is 4.30. The summed E-state index contributed by atoms with van der Waals surface area (Å²) in [5, 5.41) is 3.98. The Morgan fingerprint density at radius 2 is 2.04 bits per heavy atom. The highest BCUT2D eigenvalue weighted by molar-refractivity contribution is 6.31. The number of hydrogen-bond donors (Lipinski definition) is 1. The van der Waals surface area contributed by atoms with E-state index in [0.29, 0.717) is 34.6 Å². The molecule has 3 rings (SSSR count). The third-order valence-corrected chi connectivity index (χ3v) is 4.33. The minimum absolute atomic E-state index is 0.0883. The molecule has 0 spiro atoms. The quantitative estimate of drug-likeness (QED) is 0.873. The first-order valence-corrected chi connectivity index (χ1v) is 8.45. The lowest BCUT2D eigenvalue weighted by atomic mass is 10.1. The van der Waals surface area contributed by atoms with Gasteiger partial charge in [-0.25, -0.2) is 4.79 Å². The number of carbonyl (C=O) groups is 1. The van der Waals surface area contributed by atoms with Crippen LogP contribution in [-0.2, 0) is 0 Å². The molecule has 1 N–H and O–H groups in total. The number of pyridine rings is 1. The van der Waals surface area contributed by atoms with Crippen LogP contribution in [0, 0.1) is 0 Å². The lowest BCUT2D eigenvalue weighted by molar-refractivity contribution is 0.106. The minimum atomic E-state index is -0.147. The Balaban J connectivity index is 1.59. The van der Waals surface area contributed by atoms with Crippen LogP contribution in [0.2, 0.25) is 10.0 Å². The van der Waals surface area contributed by atoms with Crippen molar-refractivity contribution in [3.63, 3.8) is 0 Å². The molecule has 0 radical (unpaired) electrons. The number of amides is 2. The fourth-order valence-corrected chi connectivity index (χ4v) is 2.88. The Morgan fingerprint density at radius 1 is 1.25 bits per heavy atom. The van der Waals surface area contributed by atoms with E-state index in [-0.39, 0.29) is 12.1 Å². The molecule has 0 aliphatic carbocycles. The van der Waals surface area contributed by atoms with Crippen LogP contribution in [0.4, 0.5) is 10.5 Å². The van der Waals surface area contributed by atoms with E-state index in [2.05, 4.69) is 10.3 Å². The first-order chi connectivity index (χ1) is 11.6. The van der Waals surface area contributed by atoms with Crippen LogP contribution in [0.3, 0.4) is 0 Å². The van der Waals surface area contributed by atoms with Gasteiger partial charge in [-0.05, 0) is 37.1 Å². The van der Waals surface area contributed by atoms with Crippen molar-refractivity contribution in [2.24, 2.45) is 0 Å². The van der Waals surface area contributed by atoms with Gasteiger partial charge in [-0.15, -0.1) is 0 Å². The van der Waals surface area contributed by atoms with Crippen LogP contribution in [-0.4, -0.2) is 35.1 Å². The van der Waals surface area contributed by atoms with Crippen LogP contribution in [0.5, 0.6) is 5.75 Å². The number of ether oxygens (including phenoxy) is 1. The van der Waals surface area contributed by atoms with Crippen molar-refractivity contribution in [2.75, 3.05) is 18.4 Å². The van der Waals surface area contributed by atoms with Crippen LogP contribution in [0.15, 0.2) is 42.7 Å². The summed E-state index contributed by atoms with van der Waals surface area (Å²) in [7, 11) is 0. The number of benzene rings is 1. The Kier molecular flexibility index (Phi) is 5.43. The van der Waals surface area contributed by atoms with E-state index in [0.717, 1.165) is 12.8 Å². The Morgan fingerprint density at radius 3 is 2.79 bits per heavy atom. The van der Waals surface area contributed by atoms with Gasteiger partial charge in [-0.2, -0.15) is 0 Å². The number of anilines is 1. The molecular formula is C17H17Cl2N3O2. The number of nitrogens with zero attached hydrogens (tertiary/aromatic N) is 2. The van der Waals surface area contributed by atoms with Gasteiger partial charge < -0.3 is 15.0 Å². The molecule has 2 aromatic rings. The van der Waals surface area contributed by atoms with Gasteiger partial charge in [0.1, 0.15) is 16.9 Å². The largest absolute Gasteiger partial charge is 0.487 e. The molecule has 7 heteroatoms. The predicted molar refractivity (Wildman–Crippen MR) is 94.9 cm³/mol. The second kappa shape index (κ2) is 7.73. The lowest BCUT2D eigenvalue weighted by Crippen LogP contribution is -2.46. The Bertz CT molecular complexity index is 709. The molecule has 1 aliphatic heterocycles. The Hall–Kier alpha value is -1.98. The summed E-state index contributed by atoms with van der Waals surface area (Å²) in [6, 6.07) is 8.61. The van der Waals surface area contributed by atoms with Gasteiger partial charge >= 0.3 is 6.03 Å². The van der Waals surface area contributed by atoms with E-state index in [9.17, 15) is 4.79 Å². The van der Waals surface area contributed by atoms with Crippen molar-refractivity contribution in [3.8, 4) is 5.75 Å². The molecule has 0 saturated carbocycles. The number of urea groups is 1. The van der Waals surface area contributed by atoms with E-state index in [1.165, 1.54) is 0 Å². The topological polar surface area (TPSA) is 54.5 Å². The summed E-state index contributed by atoms with van der Waals surface area (Å²) in [5.74, 6) is 0.594. The maximum atomic E-state index is 12.4. The number of nitrogens with one attached hydrogen (secondary N) is 1. The number of piperidine rings is 1. The summed E-state index contributed by atoms with van der Waals surface area (Å²) in [6.45, 7) is 1.21. The molecule has 2 heterocycles. The van der Waals surface area contributed by atoms with Gasteiger partial charge in [0.2, 0.25) is 0 Å². The monoisotopic (exact) mass is 365 g/mol. The van der Waals surface area contributed by atoms with Gasteiger partial charge in [-0.1, -0.05) is 23.2 Å². The van der Waals surface area contributed by atoms with Gasteiger partial charge in [0.15, 0.2) is 0 Å². The van der Waals surface area contributed by atoms with Crippen LogP contribution in [0.25, 0.3) is 0 Å². The fourth-order valence-electron chi connectivity index (χ4n) is 2.59. The van der Waals surface area contributed by atoms with Crippen LogP contribution in [0.1, 0.15) is 12.8 Å². The van der Waals surface area contributed by atoms with Crippen molar-refractivity contribution < 1.29 is 9.53 Å². The van der Waals surface area contributed by atoms with Crippen molar-refractivity contribution in [1.29, 1.82) is 0 Å². The summed E-state index contributed by atoms with van der Waals surface area (Å²) in [5.41, 5.74) is 0.713. The average Bonchev–Trinajstić information content (AvgIpc) is 2.59. The average molecular weight is 366 g/mol. The molecule has 1 aliphatic rings. The Labute approximate surface area is 150 Å². The molecule has 1 unspecified atom stereocenters. The van der Waals surface area contributed by atoms with E-state index in [1.54, 1.807) is 47.6 Å². The molecule has 5 nitrogen and oxygen atoms in total. The number of carbonyl (C=O) groups excluding carboxylic acids is 1. The van der Waals surface area contributed by atoms with Gasteiger partial charge in [0.05, 0.1) is 6.54 Å². The maximum absolute atomic E-state index is 12.4. The molecule has 126 valence electrons. The van der Waals surface area contributed by atoms with Gasteiger partial charge in [-0.3, -0.25) is 4.98 Å². The molecule has 1 aromatic heterocycles. The van der Waals surface area contributed by atoms with Crippen LogP contribution < -0.4 is 10.1 Å². The van der Waals surface area contributed by atoms with E-state index in [1.807, 2.05) is 0 Å². The highest BCUT2D eigenvalue weighted by Crippen LogP contribution is 2.25. The summed E-state index contributed by atoms with van der Waals surface area (Å²) < 4.78 is 5.92. The molecule has 1 fully saturated rings. The van der Waals surface area contributed by atoms with Gasteiger partial charge in [0.25, 0.3) is 0 Å². The van der Waals surface area contributed by atoms with Crippen LogP contribution >= 0.6 is 23.2 Å². The van der Waals surface area contributed by atoms with Crippen molar-refractivity contribution in [1.82, 2.24) is 9.88 Å². The summed E-state index contributed by atoms with van der Waals surface area (Å²) >= 11 is 11.9. The molecule has 2 amide bonds. The van der Waals surface area contributed by atoms with E-state index >= 15 is 0 Å². The van der Waals surface area contributed by atoms with Crippen molar-refractivity contribution in [2.45, 2.75) is 18.9 Å². The zero-order valence-corrected chi connectivity index (χ0v) is 14.4. The SMILES string of the molecule is O=C(Nc1ccc(Cl)cc1)N1CCCC(Oc2ccncc2Cl)C1. The molecule has 0 bridgehead atoms. The molecule has 1 atom stereocenters. The molecular weight excluding hydrogens is 349 g/mol. The first-order valence-electron chi connectivity index (χ1n) is 7.69. The zero-order chi connectivity index (χ0) is 16.9. The second-order valence-electron chi connectivity index (χ2n) is 5.57. The second-order valence-corrected chi connectivity index (χ2v) is 6.41. The van der Waals surface area contributed by atoms with Crippen molar-refractivity contribution >= 4 is 34.9 Å². The number of halogens is 2. The number of likely N-dealkylation sites (tertiary alicyclic amines) is 1. The molecule has 24 heavy (non-hydrogen) atoms. The molecule has 1 saturated heterocycles. The highest BCUT2D eigenvalue weighted by Gasteiger charge is 2.25.